The summed E-state index contributed by atoms with van der Waals surface area (Å²) in [6.45, 7) is 0.646. The van der Waals surface area contributed by atoms with Crippen LogP contribution in [0.15, 0.2) is 46.9 Å². The molecule has 4 heteroatoms. The Morgan fingerprint density at radius 3 is 2.63 bits per heavy atom. The Labute approximate surface area is 120 Å². The van der Waals surface area contributed by atoms with Gasteiger partial charge in [0.25, 0.3) is 0 Å². The second-order valence-corrected chi connectivity index (χ2v) is 4.96. The fraction of sp³-hybridized carbons (Fsp3) is 0.133. The zero-order valence-electron chi connectivity index (χ0n) is 10.2. The van der Waals surface area contributed by atoms with E-state index in [1.54, 1.807) is 0 Å². The SMILES string of the molecule is N#Cc1c(Br)cccc1NCc1cccc(CO)c1. The van der Waals surface area contributed by atoms with Gasteiger partial charge in [0.15, 0.2) is 0 Å². The van der Waals surface area contributed by atoms with Crippen LogP contribution in [-0.4, -0.2) is 5.11 Å². The number of benzene rings is 2. The Bertz CT molecular complexity index is 620. The number of nitrogens with one attached hydrogen (secondary N) is 1. The van der Waals surface area contributed by atoms with Crippen molar-refractivity contribution in [2.45, 2.75) is 13.2 Å². The smallest absolute Gasteiger partial charge is 0.103 e. The molecule has 0 aliphatic carbocycles. The molecule has 0 atom stereocenters. The number of rotatable bonds is 4. The quantitative estimate of drug-likeness (QED) is 0.908. The molecule has 0 spiro atoms. The third-order valence-electron chi connectivity index (χ3n) is 2.78. The average Bonchev–Trinajstić information content (AvgIpc) is 2.45. The van der Waals surface area contributed by atoms with Gasteiger partial charge in [0.05, 0.1) is 17.9 Å². The zero-order chi connectivity index (χ0) is 13.7. The minimum Gasteiger partial charge on any atom is -0.392 e. The lowest BCUT2D eigenvalue weighted by Crippen LogP contribution is -2.02. The van der Waals surface area contributed by atoms with E-state index in [-0.39, 0.29) is 6.61 Å². The predicted molar refractivity (Wildman–Crippen MR) is 78.5 cm³/mol. The number of anilines is 1. The lowest BCUT2D eigenvalue weighted by atomic mass is 10.1. The zero-order valence-corrected chi connectivity index (χ0v) is 11.8. The van der Waals surface area contributed by atoms with E-state index in [1.165, 1.54) is 0 Å². The van der Waals surface area contributed by atoms with E-state index in [0.717, 1.165) is 21.3 Å². The van der Waals surface area contributed by atoms with E-state index in [0.29, 0.717) is 12.1 Å². The summed E-state index contributed by atoms with van der Waals surface area (Å²) in [7, 11) is 0. The van der Waals surface area contributed by atoms with E-state index >= 15 is 0 Å². The van der Waals surface area contributed by atoms with Gasteiger partial charge in [-0.05, 0) is 39.2 Å². The minimum absolute atomic E-state index is 0.0359. The molecule has 0 saturated heterocycles. The van der Waals surface area contributed by atoms with Crippen molar-refractivity contribution < 1.29 is 5.11 Å². The van der Waals surface area contributed by atoms with Gasteiger partial charge in [-0.3, -0.25) is 0 Å². The van der Waals surface area contributed by atoms with Crippen LogP contribution in [0.3, 0.4) is 0 Å². The number of hydrogen-bond acceptors (Lipinski definition) is 3. The van der Waals surface area contributed by atoms with E-state index in [9.17, 15) is 0 Å². The molecule has 0 aromatic heterocycles. The maximum absolute atomic E-state index is 9.13. The third kappa shape index (κ3) is 3.34. The molecular formula is C15H13BrN2O. The second-order valence-electron chi connectivity index (χ2n) is 4.11. The van der Waals surface area contributed by atoms with E-state index in [2.05, 4.69) is 27.3 Å². The highest BCUT2D eigenvalue weighted by molar-refractivity contribution is 9.10. The first-order valence-corrected chi connectivity index (χ1v) is 6.65. The Balaban J connectivity index is 2.15. The van der Waals surface area contributed by atoms with Crippen molar-refractivity contribution in [3.05, 3.63) is 63.6 Å². The summed E-state index contributed by atoms with van der Waals surface area (Å²) in [6.07, 6.45) is 0. The van der Waals surface area contributed by atoms with Gasteiger partial charge < -0.3 is 10.4 Å². The summed E-state index contributed by atoms with van der Waals surface area (Å²) in [6, 6.07) is 15.5. The van der Waals surface area contributed by atoms with Crippen LogP contribution in [0.5, 0.6) is 0 Å². The largest absolute Gasteiger partial charge is 0.392 e. The molecule has 0 unspecified atom stereocenters. The fourth-order valence-electron chi connectivity index (χ4n) is 1.82. The maximum Gasteiger partial charge on any atom is 0.103 e. The molecule has 2 N–H and O–H groups in total. The van der Waals surface area contributed by atoms with E-state index in [1.807, 2.05) is 42.5 Å². The number of hydrogen-bond donors (Lipinski definition) is 2. The summed E-state index contributed by atoms with van der Waals surface area (Å²) in [5.74, 6) is 0. The van der Waals surface area contributed by atoms with Crippen molar-refractivity contribution in [2.75, 3.05) is 5.32 Å². The van der Waals surface area contributed by atoms with Crippen molar-refractivity contribution in [1.82, 2.24) is 0 Å². The van der Waals surface area contributed by atoms with Crippen LogP contribution in [0.2, 0.25) is 0 Å². The van der Waals surface area contributed by atoms with Gasteiger partial charge in [0, 0.05) is 11.0 Å². The van der Waals surface area contributed by atoms with Gasteiger partial charge in [-0.1, -0.05) is 30.3 Å². The van der Waals surface area contributed by atoms with Gasteiger partial charge in [-0.2, -0.15) is 5.26 Å². The molecule has 96 valence electrons. The molecule has 0 fully saturated rings. The molecule has 0 amide bonds. The van der Waals surface area contributed by atoms with Crippen LogP contribution in [-0.2, 0) is 13.2 Å². The van der Waals surface area contributed by atoms with Crippen molar-refractivity contribution in [1.29, 1.82) is 5.26 Å². The molecule has 2 rings (SSSR count). The van der Waals surface area contributed by atoms with Crippen molar-refractivity contribution in [3.8, 4) is 6.07 Å². The van der Waals surface area contributed by atoms with Gasteiger partial charge in [0.1, 0.15) is 6.07 Å². The number of aliphatic hydroxyl groups is 1. The first kappa shape index (κ1) is 13.6. The van der Waals surface area contributed by atoms with Crippen molar-refractivity contribution in [3.63, 3.8) is 0 Å². The molecule has 0 aliphatic rings. The second kappa shape index (κ2) is 6.37. The molecule has 0 radical (unpaired) electrons. The first-order valence-electron chi connectivity index (χ1n) is 5.85. The molecule has 0 heterocycles. The van der Waals surface area contributed by atoms with Gasteiger partial charge in [0.2, 0.25) is 0 Å². The molecule has 2 aromatic rings. The molecule has 0 aliphatic heterocycles. The highest BCUT2D eigenvalue weighted by Gasteiger charge is 2.05. The Morgan fingerprint density at radius 1 is 1.16 bits per heavy atom. The summed E-state index contributed by atoms with van der Waals surface area (Å²) >= 11 is 3.36. The van der Waals surface area contributed by atoms with Crippen LogP contribution in [0.1, 0.15) is 16.7 Å². The topological polar surface area (TPSA) is 56.0 Å². The number of nitrogens with zero attached hydrogens (tertiary/aromatic N) is 1. The van der Waals surface area contributed by atoms with E-state index < -0.39 is 0 Å². The van der Waals surface area contributed by atoms with Crippen molar-refractivity contribution >= 4 is 21.6 Å². The summed E-state index contributed by atoms with van der Waals surface area (Å²) in [5.41, 5.74) is 3.34. The first-order chi connectivity index (χ1) is 9.24. The van der Waals surface area contributed by atoms with Crippen LogP contribution >= 0.6 is 15.9 Å². The van der Waals surface area contributed by atoms with Crippen LogP contribution in [0, 0.1) is 11.3 Å². The Morgan fingerprint density at radius 2 is 1.89 bits per heavy atom. The lowest BCUT2D eigenvalue weighted by Gasteiger charge is -2.10. The standard InChI is InChI=1S/C15H13BrN2O/c16-14-5-2-6-15(13(14)8-17)18-9-11-3-1-4-12(7-11)10-19/h1-7,18-19H,9-10H2. The van der Waals surface area contributed by atoms with Crippen LogP contribution in [0.25, 0.3) is 0 Å². The van der Waals surface area contributed by atoms with Crippen molar-refractivity contribution in [2.24, 2.45) is 0 Å². The molecular weight excluding hydrogens is 304 g/mol. The normalized spacial score (nSPS) is 9.95. The third-order valence-corrected chi connectivity index (χ3v) is 3.44. The minimum atomic E-state index is 0.0359. The Hall–Kier alpha value is -1.83. The van der Waals surface area contributed by atoms with Crippen LogP contribution in [0.4, 0.5) is 5.69 Å². The van der Waals surface area contributed by atoms with Gasteiger partial charge in [-0.25, -0.2) is 0 Å². The molecule has 0 bridgehead atoms. The fourth-order valence-corrected chi connectivity index (χ4v) is 2.28. The predicted octanol–water partition coefficient (Wildman–Crippen LogP) is 3.43. The number of halogens is 1. The average molecular weight is 317 g/mol. The molecule has 3 nitrogen and oxygen atoms in total. The highest BCUT2D eigenvalue weighted by Crippen LogP contribution is 2.24. The maximum atomic E-state index is 9.13. The lowest BCUT2D eigenvalue weighted by molar-refractivity contribution is 0.281. The number of nitriles is 1. The Kier molecular flexibility index (Phi) is 4.56. The monoisotopic (exact) mass is 316 g/mol. The van der Waals surface area contributed by atoms with Gasteiger partial charge >= 0.3 is 0 Å². The number of aliphatic hydroxyl groups excluding tert-OH is 1. The van der Waals surface area contributed by atoms with Crippen LogP contribution < -0.4 is 5.32 Å². The van der Waals surface area contributed by atoms with Gasteiger partial charge in [-0.15, -0.1) is 0 Å². The molecule has 2 aromatic carbocycles. The van der Waals surface area contributed by atoms with E-state index in [4.69, 9.17) is 10.4 Å². The summed E-state index contributed by atoms with van der Waals surface area (Å²) < 4.78 is 0.782. The summed E-state index contributed by atoms with van der Waals surface area (Å²) in [4.78, 5) is 0. The summed E-state index contributed by atoms with van der Waals surface area (Å²) in [5, 5.41) is 21.5. The molecule has 19 heavy (non-hydrogen) atoms. The molecule has 0 saturated carbocycles. The highest BCUT2D eigenvalue weighted by atomic mass is 79.9.